The Labute approximate surface area is 133 Å². The molecule has 0 aliphatic rings. The van der Waals surface area contributed by atoms with E-state index in [1.54, 1.807) is 31.2 Å². The van der Waals surface area contributed by atoms with Gasteiger partial charge in [-0.25, -0.2) is 13.1 Å². The Morgan fingerprint density at radius 2 is 1.81 bits per heavy atom. The Morgan fingerprint density at radius 3 is 2.48 bits per heavy atom. The molecule has 0 aromatic heterocycles. The van der Waals surface area contributed by atoms with Crippen LogP contribution in [0.25, 0.3) is 0 Å². The molecule has 112 valence electrons. The van der Waals surface area contributed by atoms with Crippen molar-refractivity contribution in [2.24, 2.45) is 0 Å². The number of rotatable bonds is 4. The minimum atomic E-state index is -3.69. The number of hydrogen-bond acceptors (Lipinski definition) is 3. The number of benzene rings is 2. The second kappa shape index (κ2) is 6.23. The topological polar surface area (TPSA) is 72.2 Å². The van der Waals surface area contributed by atoms with Gasteiger partial charge in [0.1, 0.15) is 0 Å². The van der Waals surface area contributed by atoms with E-state index in [1.165, 1.54) is 12.1 Å². The molecule has 4 nitrogen and oxygen atoms in total. The zero-order valence-electron chi connectivity index (χ0n) is 11.2. The molecule has 2 aromatic rings. The minimum absolute atomic E-state index is 0.101. The fourth-order valence-electron chi connectivity index (χ4n) is 1.85. The van der Waals surface area contributed by atoms with Crippen molar-refractivity contribution in [2.75, 3.05) is 5.73 Å². The van der Waals surface area contributed by atoms with Crippen LogP contribution in [0.15, 0.2) is 41.3 Å². The van der Waals surface area contributed by atoms with E-state index in [-0.39, 0.29) is 17.1 Å². The molecule has 0 atom stereocenters. The fourth-order valence-corrected chi connectivity index (χ4v) is 3.54. The first-order valence-corrected chi connectivity index (χ1v) is 8.34. The van der Waals surface area contributed by atoms with E-state index in [2.05, 4.69) is 4.72 Å². The molecular formula is C14H14Cl2N2O2S. The average molecular weight is 345 g/mol. The van der Waals surface area contributed by atoms with Gasteiger partial charge >= 0.3 is 0 Å². The molecule has 0 saturated carbocycles. The molecule has 0 unspecified atom stereocenters. The van der Waals surface area contributed by atoms with E-state index < -0.39 is 10.0 Å². The molecule has 0 aliphatic carbocycles. The molecule has 0 saturated heterocycles. The Bertz CT molecular complexity index is 777. The van der Waals surface area contributed by atoms with Crippen LogP contribution in [0.2, 0.25) is 10.0 Å². The van der Waals surface area contributed by atoms with Crippen molar-refractivity contribution < 1.29 is 8.42 Å². The molecule has 0 amide bonds. The summed E-state index contributed by atoms with van der Waals surface area (Å²) in [6.07, 6.45) is 0. The highest BCUT2D eigenvalue weighted by Gasteiger charge is 2.18. The highest BCUT2D eigenvalue weighted by molar-refractivity contribution is 7.89. The van der Waals surface area contributed by atoms with Gasteiger partial charge in [0.15, 0.2) is 0 Å². The Hall–Kier alpha value is -1.27. The summed E-state index contributed by atoms with van der Waals surface area (Å²) < 4.78 is 27.2. The first-order valence-electron chi connectivity index (χ1n) is 6.10. The lowest BCUT2D eigenvalue weighted by atomic mass is 10.2. The number of hydrogen-bond donors (Lipinski definition) is 2. The van der Waals surface area contributed by atoms with Gasteiger partial charge < -0.3 is 5.73 Å². The molecule has 0 bridgehead atoms. The predicted molar refractivity (Wildman–Crippen MR) is 86.1 cm³/mol. The van der Waals surface area contributed by atoms with E-state index in [0.717, 1.165) is 0 Å². The van der Waals surface area contributed by atoms with Crippen molar-refractivity contribution in [3.63, 3.8) is 0 Å². The number of anilines is 1. The lowest BCUT2D eigenvalue weighted by molar-refractivity contribution is 0.581. The second-order valence-corrected chi connectivity index (χ2v) is 7.10. The Morgan fingerprint density at radius 1 is 1.14 bits per heavy atom. The van der Waals surface area contributed by atoms with Crippen molar-refractivity contribution in [1.29, 1.82) is 0 Å². The van der Waals surface area contributed by atoms with E-state index in [0.29, 0.717) is 21.2 Å². The quantitative estimate of drug-likeness (QED) is 0.835. The molecule has 2 rings (SSSR count). The molecule has 2 aromatic carbocycles. The minimum Gasteiger partial charge on any atom is -0.397 e. The van der Waals surface area contributed by atoms with Crippen molar-refractivity contribution in [2.45, 2.75) is 18.4 Å². The maximum atomic E-state index is 12.3. The van der Waals surface area contributed by atoms with Gasteiger partial charge in [-0.05, 0) is 36.2 Å². The number of nitrogens with two attached hydrogens (primary N) is 1. The summed E-state index contributed by atoms with van der Waals surface area (Å²) in [4.78, 5) is 0.108. The number of nitrogen functional groups attached to an aromatic ring is 1. The summed E-state index contributed by atoms with van der Waals surface area (Å²) in [6, 6.07) is 9.92. The van der Waals surface area contributed by atoms with Crippen LogP contribution in [-0.2, 0) is 16.6 Å². The molecular weight excluding hydrogens is 331 g/mol. The normalized spacial score (nSPS) is 11.6. The summed E-state index contributed by atoms with van der Waals surface area (Å²) in [6.45, 7) is 1.76. The molecule has 21 heavy (non-hydrogen) atoms. The molecule has 0 fully saturated rings. The van der Waals surface area contributed by atoms with Gasteiger partial charge in [0.25, 0.3) is 0 Å². The van der Waals surface area contributed by atoms with Crippen LogP contribution in [0, 0.1) is 6.92 Å². The largest absolute Gasteiger partial charge is 0.397 e. The Balaban J connectivity index is 2.27. The maximum Gasteiger partial charge on any atom is 0.241 e. The first-order chi connectivity index (χ1) is 9.81. The first kappa shape index (κ1) is 16.1. The molecule has 3 N–H and O–H groups in total. The van der Waals surface area contributed by atoms with Gasteiger partial charge in [0.2, 0.25) is 10.0 Å². The van der Waals surface area contributed by atoms with Gasteiger partial charge in [-0.1, -0.05) is 41.4 Å². The van der Waals surface area contributed by atoms with Gasteiger partial charge in [-0.3, -0.25) is 0 Å². The maximum absolute atomic E-state index is 12.3. The Kier molecular flexibility index (Phi) is 4.78. The van der Waals surface area contributed by atoms with Gasteiger partial charge in [0, 0.05) is 11.6 Å². The summed E-state index contributed by atoms with van der Waals surface area (Å²) in [5.41, 5.74) is 7.12. The fraction of sp³-hybridized carbons (Fsp3) is 0.143. The number of halogens is 2. The zero-order valence-corrected chi connectivity index (χ0v) is 13.6. The van der Waals surface area contributed by atoms with Crippen molar-refractivity contribution in [3.8, 4) is 0 Å². The average Bonchev–Trinajstić information content (AvgIpc) is 2.42. The summed E-state index contributed by atoms with van der Waals surface area (Å²) >= 11 is 11.9. The van der Waals surface area contributed by atoms with E-state index in [1.807, 2.05) is 0 Å². The number of sulfonamides is 1. The van der Waals surface area contributed by atoms with Crippen LogP contribution in [-0.4, -0.2) is 8.42 Å². The summed E-state index contributed by atoms with van der Waals surface area (Å²) in [5.74, 6) is 0. The third kappa shape index (κ3) is 3.68. The monoisotopic (exact) mass is 344 g/mol. The lowest BCUT2D eigenvalue weighted by Gasteiger charge is -2.11. The molecule has 0 heterocycles. The molecule has 0 radical (unpaired) electrons. The lowest BCUT2D eigenvalue weighted by Crippen LogP contribution is -2.24. The van der Waals surface area contributed by atoms with Crippen molar-refractivity contribution in [1.82, 2.24) is 4.72 Å². The predicted octanol–water partition coefficient (Wildman–Crippen LogP) is 3.36. The van der Waals surface area contributed by atoms with Gasteiger partial charge in [-0.2, -0.15) is 0 Å². The van der Waals surface area contributed by atoms with Crippen LogP contribution in [0.3, 0.4) is 0 Å². The van der Waals surface area contributed by atoms with E-state index in [9.17, 15) is 8.42 Å². The third-order valence-electron chi connectivity index (χ3n) is 2.99. The SMILES string of the molecule is Cc1cc(Cl)c(N)cc1S(=O)(=O)NCc1ccccc1Cl. The van der Waals surface area contributed by atoms with Crippen LogP contribution < -0.4 is 10.5 Å². The van der Waals surface area contributed by atoms with Crippen molar-refractivity contribution in [3.05, 3.63) is 57.6 Å². The smallest absolute Gasteiger partial charge is 0.241 e. The van der Waals surface area contributed by atoms with E-state index >= 15 is 0 Å². The second-order valence-electron chi connectivity index (χ2n) is 4.56. The van der Waals surface area contributed by atoms with Crippen LogP contribution >= 0.6 is 23.2 Å². The summed E-state index contributed by atoms with van der Waals surface area (Å²) in [5, 5.41) is 0.838. The zero-order chi connectivity index (χ0) is 15.6. The van der Waals surface area contributed by atoms with Crippen LogP contribution in [0.5, 0.6) is 0 Å². The number of nitrogens with one attached hydrogen (secondary N) is 1. The van der Waals surface area contributed by atoms with Crippen molar-refractivity contribution >= 4 is 38.9 Å². The number of aryl methyl sites for hydroxylation is 1. The molecule has 0 aliphatic heterocycles. The van der Waals surface area contributed by atoms with Gasteiger partial charge in [0.05, 0.1) is 15.6 Å². The highest BCUT2D eigenvalue weighted by Crippen LogP contribution is 2.26. The standard InChI is InChI=1S/C14H14Cl2N2O2S/c1-9-6-12(16)13(17)7-14(9)21(19,20)18-8-10-4-2-3-5-11(10)15/h2-7,18H,8,17H2,1H3. The van der Waals surface area contributed by atoms with Crippen LogP contribution in [0.4, 0.5) is 5.69 Å². The highest BCUT2D eigenvalue weighted by atomic mass is 35.5. The molecule has 0 spiro atoms. The third-order valence-corrected chi connectivity index (χ3v) is 5.23. The van der Waals surface area contributed by atoms with Crippen LogP contribution in [0.1, 0.15) is 11.1 Å². The van der Waals surface area contributed by atoms with Gasteiger partial charge in [-0.15, -0.1) is 0 Å². The van der Waals surface area contributed by atoms with E-state index in [4.69, 9.17) is 28.9 Å². The summed E-state index contributed by atoms with van der Waals surface area (Å²) in [7, 11) is -3.69. The molecule has 7 heteroatoms.